The van der Waals surface area contributed by atoms with Crippen molar-refractivity contribution in [3.63, 3.8) is 0 Å². The second kappa shape index (κ2) is 10.7. The lowest BCUT2D eigenvalue weighted by atomic mass is 10.1. The average molecular weight is 465 g/mol. The van der Waals surface area contributed by atoms with Crippen molar-refractivity contribution in [3.8, 4) is 0 Å². The predicted molar refractivity (Wildman–Crippen MR) is 122 cm³/mol. The number of hydrogen-bond donors (Lipinski definition) is 0. The van der Waals surface area contributed by atoms with E-state index in [1.54, 1.807) is 18.2 Å². The van der Waals surface area contributed by atoms with Crippen molar-refractivity contribution in [1.82, 2.24) is 9.21 Å². The normalized spacial score (nSPS) is 19.5. The molecule has 2 aliphatic heterocycles. The number of rotatable bonds is 7. The van der Waals surface area contributed by atoms with Gasteiger partial charge in [0.05, 0.1) is 24.2 Å². The molecule has 0 atom stereocenters. The summed E-state index contributed by atoms with van der Waals surface area (Å²) in [7, 11) is -3.59. The molecule has 1 fully saturated rings. The summed E-state index contributed by atoms with van der Waals surface area (Å²) in [4.78, 5) is 14.8. The zero-order chi connectivity index (χ0) is 21.0. The number of Topliss-reactive ketones (excluding diaryl/α,β-unsaturated/α-hetero) is 1. The van der Waals surface area contributed by atoms with Crippen LogP contribution in [0.1, 0.15) is 35.2 Å². The Labute approximate surface area is 190 Å². The van der Waals surface area contributed by atoms with E-state index in [-0.39, 0.29) is 35.7 Å². The summed E-state index contributed by atoms with van der Waals surface area (Å²) in [5.74, 6) is -0.128. The SMILES string of the molecule is Cl.O=C1CN(CCCN2CCC(OCc3ccccc3)CC2)S(=O)(=O)c2ccccc21. The maximum atomic E-state index is 12.8. The molecule has 2 heterocycles. The van der Waals surface area contributed by atoms with E-state index in [1.165, 1.54) is 15.9 Å². The molecule has 2 aromatic carbocycles. The molecule has 2 aromatic rings. The topological polar surface area (TPSA) is 66.9 Å². The number of hydrogen-bond acceptors (Lipinski definition) is 5. The maximum absolute atomic E-state index is 12.8. The van der Waals surface area contributed by atoms with E-state index < -0.39 is 10.0 Å². The van der Waals surface area contributed by atoms with Crippen LogP contribution in [0.2, 0.25) is 0 Å². The predicted octanol–water partition coefficient (Wildman–Crippen LogP) is 3.37. The fourth-order valence-corrected chi connectivity index (χ4v) is 5.79. The summed E-state index contributed by atoms with van der Waals surface area (Å²) in [5, 5.41) is 0. The first-order valence-electron chi connectivity index (χ1n) is 10.5. The van der Waals surface area contributed by atoms with Gasteiger partial charge in [-0.2, -0.15) is 4.31 Å². The van der Waals surface area contributed by atoms with Gasteiger partial charge >= 0.3 is 0 Å². The number of benzene rings is 2. The number of halogens is 1. The zero-order valence-electron chi connectivity index (χ0n) is 17.5. The van der Waals surface area contributed by atoms with Crippen LogP contribution in [0.5, 0.6) is 0 Å². The first-order valence-corrected chi connectivity index (χ1v) is 12.0. The molecule has 0 saturated carbocycles. The second-order valence-electron chi connectivity index (χ2n) is 7.95. The summed E-state index contributed by atoms with van der Waals surface area (Å²) in [6.45, 7) is 3.69. The van der Waals surface area contributed by atoms with Gasteiger partial charge in [0.25, 0.3) is 0 Å². The summed E-state index contributed by atoms with van der Waals surface area (Å²) >= 11 is 0. The molecule has 0 amide bonds. The van der Waals surface area contributed by atoms with Gasteiger partial charge in [0.1, 0.15) is 0 Å². The van der Waals surface area contributed by atoms with Crippen molar-refractivity contribution < 1.29 is 17.9 Å². The quantitative estimate of drug-likeness (QED) is 0.628. The Hall–Kier alpha value is -1.77. The zero-order valence-corrected chi connectivity index (χ0v) is 19.1. The smallest absolute Gasteiger partial charge is 0.244 e. The van der Waals surface area contributed by atoms with Gasteiger partial charge in [-0.15, -0.1) is 12.4 Å². The van der Waals surface area contributed by atoms with Gasteiger partial charge in [-0.25, -0.2) is 8.42 Å². The lowest BCUT2D eigenvalue weighted by Crippen LogP contribution is -2.43. The Morgan fingerprint density at radius 3 is 2.35 bits per heavy atom. The summed E-state index contributed by atoms with van der Waals surface area (Å²) < 4.78 is 33.0. The number of ether oxygens (including phenoxy) is 1. The van der Waals surface area contributed by atoms with Crippen LogP contribution in [0.4, 0.5) is 0 Å². The molecular formula is C23H29ClN2O4S. The standard InChI is InChI=1S/C23H28N2O4S.ClH/c26-22-17-25(30(27,28)23-10-5-4-9-21(22)23)14-6-13-24-15-11-20(12-16-24)29-18-19-7-2-1-3-8-19;/h1-5,7-10,20H,6,11-18H2;1H. The Bertz CT molecular complexity index is 976. The fraction of sp³-hybridized carbons (Fsp3) is 0.435. The Morgan fingerprint density at radius 1 is 0.935 bits per heavy atom. The molecule has 168 valence electrons. The number of fused-ring (bicyclic) bond motifs is 1. The lowest BCUT2D eigenvalue weighted by molar-refractivity contribution is -0.00270. The molecule has 0 radical (unpaired) electrons. The van der Waals surface area contributed by atoms with E-state index >= 15 is 0 Å². The van der Waals surface area contributed by atoms with E-state index in [1.807, 2.05) is 18.2 Å². The third kappa shape index (κ3) is 5.73. The molecule has 0 N–H and O–H groups in total. The first-order chi connectivity index (χ1) is 14.5. The molecule has 0 bridgehead atoms. The van der Waals surface area contributed by atoms with Crippen LogP contribution in [0.25, 0.3) is 0 Å². The van der Waals surface area contributed by atoms with Crippen LogP contribution < -0.4 is 0 Å². The van der Waals surface area contributed by atoms with Gasteiger partial charge in [0.2, 0.25) is 10.0 Å². The van der Waals surface area contributed by atoms with Gasteiger partial charge in [0, 0.05) is 25.2 Å². The number of ketones is 1. The van der Waals surface area contributed by atoms with Crippen molar-refractivity contribution in [1.29, 1.82) is 0 Å². The molecule has 1 saturated heterocycles. The number of piperidine rings is 1. The minimum Gasteiger partial charge on any atom is -0.373 e. The molecule has 31 heavy (non-hydrogen) atoms. The van der Waals surface area contributed by atoms with Gasteiger partial charge < -0.3 is 9.64 Å². The van der Waals surface area contributed by atoms with Gasteiger partial charge in [-0.1, -0.05) is 42.5 Å². The molecule has 8 heteroatoms. The molecule has 6 nitrogen and oxygen atoms in total. The molecule has 0 unspecified atom stereocenters. The second-order valence-corrected chi connectivity index (χ2v) is 9.86. The summed E-state index contributed by atoms with van der Waals surface area (Å²) in [5.41, 5.74) is 1.50. The largest absolute Gasteiger partial charge is 0.373 e. The minimum absolute atomic E-state index is 0. The molecule has 2 aliphatic rings. The van der Waals surface area contributed by atoms with Gasteiger partial charge in [-0.05, 0) is 43.5 Å². The van der Waals surface area contributed by atoms with Crippen LogP contribution >= 0.6 is 12.4 Å². The number of sulfonamides is 1. The fourth-order valence-electron chi connectivity index (χ4n) is 4.15. The van der Waals surface area contributed by atoms with Crippen LogP contribution in [-0.2, 0) is 21.4 Å². The number of carbonyl (C=O) groups excluding carboxylic acids is 1. The van der Waals surface area contributed by atoms with Crippen molar-refractivity contribution in [2.24, 2.45) is 0 Å². The summed E-state index contributed by atoms with van der Waals surface area (Å²) in [6.07, 6.45) is 2.96. The van der Waals surface area contributed by atoms with E-state index in [2.05, 4.69) is 17.0 Å². The first kappa shape index (κ1) is 23.9. The molecule has 0 spiro atoms. The van der Waals surface area contributed by atoms with Crippen molar-refractivity contribution >= 4 is 28.2 Å². The number of nitrogens with zero attached hydrogens (tertiary/aromatic N) is 2. The Morgan fingerprint density at radius 2 is 1.61 bits per heavy atom. The highest BCUT2D eigenvalue weighted by atomic mass is 35.5. The van der Waals surface area contributed by atoms with Crippen molar-refractivity contribution in [2.75, 3.05) is 32.7 Å². The van der Waals surface area contributed by atoms with Crippen molar-refractivity contribution in [2.45, 2.75) is 36.9 Å². The average Bonchev–Trinajstić information content (AvgIpc) is 2.77. The van der Waals surface area contributed by atoms with Crippen LogP contribution in [-0.4, -0.2) is 62.2 Å². The summed E-state index contributed by atoms with van der Waals surface area (Å²) in [6, 6.07) is 16.7. The third-order valence-electron chi connectivity index (χ3n) is 5.87. The molecule has 0 aliphatic carbocycles. The molecular weight excluding hydrogens is 436 g/mol. The molecule has 4 rings (SSSR count). The lowest BCUT2D eigenvalue weighted by Gasteiger charge is -2.33. The van der Waals surface area contributed by atoms with E-state index in [4.69, 9.17) is 4.74 Å². The molecule has 0 aromatic heterocycles. The van der Waals surface area contributed by atoms with Gasteiger partial charge in [-0.3, -0.25) is 4.79 Å². The van der Waals surface area contributed by atoms with Crippen LogP contribution in [0, 0.1) is 0 Å². The van der Waals surface area contributed by atoms with Crippen LogP contribution in [0.15, 0.2) is 59.5 Å². The highest BCUT2D eigenvalue weighted by Crippen LogP contribution is 2.26. The van der Waals surface area contributed by atoms with E-state index in [0.717, 1.165) is 32.5 Å². The Kier molecular flexibility index (Phi) is 8.24. The van der Waals surface area contributed by atoms with E-state index in [9.17, 15) is 13.2 Å². The highest BCUT2D eigenvalue weighted by molar-refractivity contribution is 7.89. The van der Waals surface area contributed by atoms with Gasteiger partial charge in [0.15, 0.2) is 5.78 Å². The number of carbonyl (C=O) groups is 1. The Balaban J connectivity index is 0.00000272. The maximum Gasteiger partial charge on any atom is 0.244 e. The number of likely N-dealkylation sites (tertiary alicyclic amines) is 1. The highest BCUT2D eigenvalue weighted by Gasteiger charge is 2.35. The van der Waals surface area contributed by atoms with Crippen molar-refractivity contribution in [3.05, 3.63) is 65.7 Å². The third-order valence-corrected chi connectivity index (χ3v) is 7.77. The van der Waals surface area contributed by atoms with E-state index in [0.29, 0.717) is 25.1 Å². The van der Waals surface area contributed by atoms with Crippen LogP contribution in [0.3, 0.4) is 0 Å². The monoisotopic (exact) mass is 464 g/mol. The minimum atomic E-state index is -3.59.